The lowest BCUT2D eigenvalue weighted by Crippen LogP contribution is -2.54. The normalized spacial score (nSPS) is 22.1. The molecule has 2 N–H and O–H groups in total. The van der Waals surface area contributed by atoms with Gasteiger partial charge >= 0.3 is 0 Å². The Balaban J connectivity index is 1.79. The molecule has 0 bridgehead atoms. The van der Waals surface area contributed by atoms with Crippen LogP contribution in [0.4, 0.5) is 0 Å². The van der Waals surface area contributed by atoms with E-state index in [1.165, 1.54) is 0 Å². The summed E-state index contributed by atoms with van der Waals surface area (Å²) in [5, 5.41) is 9.46. The molecule has 0 unspecified atom stereocenters. The number of nitrogens with one attached hydrogen (secondary N) is 1. The maximum absolute atomic E-state index is 12.2. The summed E-state index contributed by atoms with van der Waals surface area (Å²) < 4.78 is 27.0. The molecule has 23 heavy (non-hydrogen) atoms. The van der Waals surface area contributed by atoms with Crippen molar-refractivity contribution in [1.29, 1.82) is 0 Å². The third kappa shape index (κ3) is 5.54. The number of hydrogen-bond acceptors (Lipinski definition) is 5. The summed E-state index contributed by atoms with van der Waals surface area (Å²) in [5.74, 6) is 0. The predicted molar refractivity (Wildman–Crippen MR) is 90.8 cm³/mol. The molecule has 0 saturated carbocycles. The SMILES string of the molecule is C[C@H](O)CN1CCN(CCNS(=O)(=O)c2ccccc2)[C@H](C)C1. The van der Waals surface area contributed by atoms with Crippen molar-refractivity contribution in [2.45, 2.75) is 30.9 Å². The van der Waals surface area contributed by atoms with Gasteiger partial charge in [0, 0.05) is 45.3 Å². The van der Waals surface area contributed by atoms with Crippen molar-refractivity contribution in [2.75, 3.05) is 39.3 Å². The van der Waals surface area contributed by atoms with Crippen molar-refractivity contribution in [3.8, 4) is 0 Å². The summed E-state index contributed by atoms with van der Waals surface area (Å²) in [7, 11) is -3.43. The smallest absolute Gasteiger partial charge is 0.240 e. The first kappa shape index (κ1) is 18.4. The standard InChI is InChI=1S/C16H27N3O3S/c1-14-12-18(13-15(2)20)10-11-19(14)9-8-17-23(21,22)16-6-4-3-5-7-16/h3-7,14-15,17,20H,8-13H2,1-2H3/t14-,15+/m1/s1. The number of benzene rings is 1. The van der Waals surface area contributed by atoms with Gasteiger partial charge in [-0.25, -0.2) is 13.1 Å². The van der Waals surface area contributed by atoms with Crippen LogP contribution < -0.4 is 4.72 Å². The van der Waals surface area contributed by atoms with Gasteiger partial charge in [-0.05, 0) is 26.0 Å². The fourth-order valence-electron chi connectivity index (χ4n) is 2.95. The van der Waals surface area contributed by atoms with Gasteiger partial charge in [0.05, 0.1) is 11.0 Å². The lowest BCUT2D eigenvalue weighted by molar-refractivity contribution is 0.0522. The van der Waals surface area contributed by atoms with Crippen molar-refractivity contribution in [3.05, 3.63) is 30.3 Å². The summed E-state index contributed by atoms with van der Waals surface area (Å²) in [6.07, 6.45) is -0.313. The van der Waals surface area contributed by atoms with E-state index in [9.17, 15) is 13.5 Å². The van der Waals surface area contributed by atoms with E-state index in [4.69, 9.17) is 0 Å². The lowest BCUT2D eigenvalue weighted by Gasteiger charge is -2.40. The van der Waals surface area contributed by atoms with Crippen molar-refractivity contribution in [2.24, 2.45) is 0 Å². The quantitative estimate of drug-likeness (QED) is 0.749. The molecule has 1 heterocycles. The zero-order chi connectivity index (χ0) is 16.9. The average molecular weight is 341 g/mol. The number of piperazine rings is 1. The van der Waals surface area contributed by atoms with Crippen LogP contribution in [0.5, 0.6) is 0 Å². The van der Waals surface area contributed by atoms with Crippen molar-refractivity contribution >= 4 is 10.0 Å². The fraction of sp³-hybridized carbons (Fsp3) is 0.625. The number of nitrogens with zero attached hydrogens (tertiary/aromatic N) is 2. The van der Waals surface area contributed by atoms with E-state index in [1.54, 1.807) is 37.3 Å². The van der Waals surface area contributed by atoms with Crippen LogP contribution in [0.3, 0.4) is 0 Å². The highest BCUT2D eigenvalue weighted by atomic mass is 32.2. The van der Waals surface area contributed by atoms with E-state index in [2.05, 4.69) is 21.4 Å². The minimum atomic E-state index is -3.43. The first-order valence-electron chi connectivity index (χ1n) is 8.07. The van der Waals surface area contributed by atoms with Crippen LogP contribution >= 0.6 is 0 Å². The average Bonchev–Trinajstić information content (AvgIpc) is 2.50. The second-order valence-corrected chi connectivity index (χ2v) is 7.97. The Hall–Kier alpha value is -0.990. The first-order valence-corrected chi connectivity index (χ1v) is 9.56. The van der Waals surface area contributed by atoms with Gasteiger partial charge in [-0.3, -0.25) is 9.80 Å². The highest BCUT2D eigenvalue weighted by molar-refractivity contribution is 7.89. The molecule has 1 fully saturated rings. The lowest BCUT2D eigenvalue weighted by atomic mass is 10.2. The van der Waals surface area contributed by atoms with Gasteiger partial charge < -0.3 is 5.11 Å². The van der Waals surface area contributed by atoms with Gasteiger partial charge in [0.2, 0.25) is 10.0 Å². The van der Waals surface area contributed by atoms with Gasteiger partial charge in [-0.2, -0.15) is 0 Å². The summed E-state index contributed by atoms with van der Waals surface area (Å²) >= 11 is 0. The van der Waals surface area contributed by atoms with Gasteiger partial charge in [0.15, 0.2) is 0 Å². The molecule has 0 spiro atoms. The number of hydrogen-bond donors (Lipinski definition) is 2. The van der Waals surface area contributed by atoms with Gasteiger partial charge in [0.1, 0.15) is 0 Å². The predicted octanol–water partition coefficient (Wildman–Crippen LogP) is 0.352. The van der Waals surface area contributed by atoms with Crippen LogP contribution in [0.15, 0.2) is 35.2 Å². The zero-order valence-corrected chi connectivity index (χ0v) is 14.7. The van der Waals surface area contributed by atoms with Crippen molar-refractivity contribution in [3.63, 3.8) is 0 Å². The Labute approximate surface area is 139 Å². The minimum absolute atomic E-state index is 0.301. The molecule has 0 aliphatic carbocycles. The highest BCUT2D eigenvalue weighted by Gasteiger charge is 2.24. The number of rotatable bonds is 7. The van der Waals surface area contributed by atoms with E-state index in [0.29, 0.717) is 30.6 Å². The van der Waals surface area contributed by atoms with Gasteiger partial charge in [-0.15, -0.1) is 0 Å². The minimum Gasteiger partial charge on any atom is -0.392 e. The topological polar surface area (TPSA) is 72.9 Å². The van der Waals surface area contributed by atoms with Crippen LogP contribution in [-0.4, -0.2) is 74.7 Å². The molecule has 2 rings (SSSR count). The Morgan fingerprint density at radius 1 is 1.30 bits per heavy atom. The van der Waals surface area contributed by atoms with E-state index in [-0.39, 0.29) is 6.10 Å². The number of sulfonamides is 1. The Bertz CT molecular complexity index is 577. The highest BCUT2D eigenvalue weighted by Crippen LogP contribution is 2.10. The molecule has 0 radical (unpaired) electrons. The van der Waals surface area contributed by atoms with Crippen LogP contribution in [0.1, 0.15) is 13.8 Å². The van der Waals surface area contributed by atoms with E-state index in [1.807, 2.05) is 0 Å². The molecule has 2 atom stereocenters. The van der Waals surface area contributed by atoms with E-state index < -0.39 is 10.0 Å². The van der Waals surface area contributed by atoms with Crippen molar-refractivity contribution < 1.29 is 13.5 Å². The molecule has 1 saturated heterocycles. The number of β-amino-alcohol motifs (C(OH)–C–C–N with tert-alkyl or cyclic N) is 1. The van der Waals surface area contributed by atoms with Crippen LogP contribution in [0.2, 0.25) is 0 Å². The largest absolute Gasteiger partial charge is 0.392 e. The maximum Gasteiger partial charge on any atom is 0.240 e. The second-order valence-electron chi connectivity index (χ2n) is 6.20. The molecule has 1 aromatic carbocycles. The Morgan fingerprint density at radius 3 is 2.61 bits per heavy atom. The second kappa shape index (κ2) is 8.21. The van der Waals surface area contributed by atoms with Crippen molar-refractivity contribution in [1.82, 2.24) is 14.5 Å². The van der Waals surface area contributed by atoms with E-state index in [0.717, 1.165) is 19.6 Å². The number of aliphatic hydroxyl groups excluding tert-OH is 1. The van der Waals surface area contributed by atoms with Crippen LogP contribution in [0, 0.1) is 0 Å². The third-order valence-electron chi connectivity index (χ3n) is 4.12. The van der Waals surface area contributed by atoms with E-state index >= 15 is 0 Å². The molecule has 130 valence electrons. The molecule has 1 aliphatic rings. The molecule has 0 aromatic heterocycles. The summed E-state index contributed by atoms with van der Waals surface area (Å²) in [4.78, 5) is 4.83. The third-order valence-corrected chi connectivity index (χ3v) is 5.59. The molecule has 1 aliphatic heterocycles. The monoisotopic (exact) mass is 341 g/mol. The first-order chi connectivity index (χ1) is 10.9. The molecule has 7 heteroatoms. The maximum atomic E-state index is 12.2. The Morgan fingerprint density at radius 2 is 2.00 bits per heavy atom. The van der Waals surface area contributed by atoms with Crippen LogP contribution in [-0.2, 0) is 10.0 Å². The molecule has 1 aromatic rings. The zero-order valence-electron chi connectivity index (χ0n) is 13.9. The van der Waals surface area contributed by atoms with Crippen LogP contribution in [0.25, 0.3) is 0 Å². The summed E-state index contributed by atoms with van der Waals surface area (Å²) in [6.45, 7) is 8.42. The summed E-state index contributed by atoms with van der Waals surface area (Å²) in [5.41, 5.74) is 0. The Kier molecular flexibility index (Phi) is 6.55. The summed E-state index contributed by atoms with van der Waals surface area (Å²) in [6, 6.07) is 8.78. The number of aliphatic hydroxyl groups is 1. The fourth-order valence-corrected chi connectivity index (χ4v) is 3.99. The molecular formula is C16H27N3O3S. The van der Waals surface area contributed by atoms with Gasteiger partial charge in [-0.1, -0.05) is 18.2 Å². The van der Waals surface area contributed by atoms with Gasteiger partial charge in [0.25, 0.3) is 0 Å². The molecular weight excluding hydrogens is 314 g/mol. The molecule has 6 nitrogen and oxygen atoms in total. The molecule has 0 amide bonds.